The van der Waals surface area contributed by atoms with Crippen molar-refractivity contribution in [2.24, 2.45) is 0 Å². The van der Waals surface area contributed by atoms with E-state index in [-0.39, 0.29) is 13.1 Å². The summed E-state index contributed by atoms with van der Waals surface area (Å²) in [5, 5.41) is 0. The van der Waals surface area contributed by atoms with Gasteiger partial charge in [0.15, 0.2) is 0 Å². The first-order chi connectivity index (χ1) is 8.56. The summed E-state index contributed by atoms with van der Waals surface area (Å²) in [6.07, 6.45) is 3.16. The first-order valence-electron chi connectivity index (χ1n) is 5.54. The standard InChI is InChI=1S/C11H13BN2O4/c1-8-3-4-13-5-9(8)12-17-10(15)6-14(2)7-11(16)18-12/h3-5H,6-7H2,1-2H3. The van der Waals surface area contributed by atoms with Crippen LogP contribution in [-0.4, -0.2) is 49.1 Å². The van der Waals surface area contributed by atoms with Gasteiger partial charge in [0, 0.05) is 17.9 Å². The largest absolute Gasteiger partial charge is 0.638 e. The molecule has 0 radical (unpaired) electrons. The SMILES string of the molecule is Cc1ccncc1B1OC(=O)CN(C)CC(=O)O1. The molecule has 1 fully saturated rings. The number of hydrogen-bond acceptors (Lipinski definition) is 6. The lowest BCUT2D eigenvalue weighted by Crippen LogP contribution is -2.48. The summed E-state index contributed by atoms with van der Waals surface area (Å²) in [4.78, 5) is 28.6. The first kappa shape index (κ1) is 12.6. The molecule has 18 heavy (non-hydrogen) atoms. The quantitative estimate of drug-likeness (QED) is 0.601. The van der Waals surface area contributed by atoms with Crippen LogP contribution in [-0.2, 0) is 18.9 Å². The Morgan fingerprint density at radius 2 is 1.89 bits per heavy atom. The summed E-state index contributed by atoms with van der Waals surface area (Å²) in [6.45, 7) is 1.96. The van der Waals surface area contributed by atoms with Crippen LogP contribution in [0.4, 0.5) is 0 Å². The van der Waals surface area contributed by atoms with Crippen molar-refractivity contribution in [3.05, 3.63) is 24.0 Å². The number of likely N-dealkylation sites (N-methyl/N-ethyl adjacent to an activating group) is 1. The van der Waals surface area contributed by atoms with Crippen molar-refractivity contribution in [3.63, 3.8) is 0 Å². The number of rotatable bonds is 1. The van der Waals surface area contributed by atoms with Crippen LogP contribution in [0.25, 0.3) is 0 Å². The Bertz CT molecular complexity index is 460. The second-order valence-corrected chi connectivity index (χ2v) is 4.22. The summed E-state index contributed by atoms with van der Waals surface area (Å²) in [6, 6.07) is 1.77. The molecule has 1 aliphatic rings. The maximum absolute atomic E-state index is 11.6. The molecule has 0 unspecified atom stereocenters. The predicted octanol–water partition coefficient (Wildman–Crippen LogP) is -0.883. The summed E-state index contributed by atoms with van der Waals surface area (Å²) < 4.78 is 10.3. The Balaban J connectivity index is 2.24. The smallest absolute Gasteiger partial charge is 0.494 e. The van der Waals surface area contributed by atoms with E-state index in [1.165, 1.54) is 11.1 Å². The van der Waals surface area contributed by atoms with Gasteiger partial charge in [-0.05, 0) is 25.6 Å². The average Bonchev–Trinajstić information content (AvgIpc) is 2.26. The third-order valence-corrected chi connectivity index (χ3v) is 2.61. The molecule has 2 heterocycles. The van der Waals surface area contributed by atoms with E-state index in [1.54, 1.807) is 19.3 Å². The van der Waals surface area contributed by atoms with E-state index in [0.717, 1.165) is 5.56 Å². The van der Waals surface area contributed by atoms with Crippen molar-refractivity contribution in [1.29, 1.82) is 0 Å². The lowest BCUT2D eigenvalue weighted by Gasteiger charge is -2.22. The fourth-order valence-electron chi connectivity index (χ4n) is 1.68. The fraction of sp³-hybridized carbons (Fsp3) is 0.364. The highest BCUT2D eigenvalue weighted by Crippen LogP contribution is 2.03. The fourth-order valence-corrected chi connectivity index (χ4v) is 1.68. The molecule has 0 N–H and O–H groups in total. The van der Waals surface area contributed by atoms with E-state index in [9.17, 15) is 9.59 Å². The van der Waals surface area contributed by atoms with Gasteiger partial charge in [-0.25, -0.2) is 0 Å². The molecule has 2 rings (SSSR count). The highest BCUT2D eigenvalue weighted by molar-refractivity contribution is 6.64. The number of carbonyl (C=O) groups is 2. The van der Waals surface area contributed by atoms with Crippen LogP contribution in [0.2, 0.25) is 0 Å². The predicted molar refractivity (Wildman–Crippen MR) is 64.0 cm³/mol. The zero-order chi connectivity index (χ0) is 13.1. The average molecular weight is 248 g/mol. The molecule has 7 heteroatoms. The Kier molecular flexibility index (Phi) is 3.62. The van der Waals surface area contributed by atoms with E-state index in [2.05, 4.69) is 4.98 Å². The molecule has 0 atom stereocenters. The topological polar surface area (TPSA) is 68.7 Å². The van der Waals surface area contributed by atoms with Crippen molar-refractivity contribution in [2.45, 2.75) is 6.92 Å². The van der Waals surface area contributed by atoms with Gasteiger partial charge in [-0.3, -0.25) is 19.5 Å². The second-order valence-electron chi connectivity index (χ2n) is 4.22. The minimum atomic E-state index is -1.01. The van der Waals surface area contributed by atoms with Gasteiger partial charge in [-0.15, -0.1) is 0 Å². The minimum absolute atomic E-state index is 0.0604. The number of hydrogen-bond donors (Lipinski definition) is 0. The van der Waals surface area contributed by atoms with Crippen LogP contribution in [0, 0.1) is 6.92 Å². The normalized spacial score (nSPS) is 17.8. The van der Waals surface area contributed by atoms with Crippen LogP contribution in [0.15, 0.2) is 18.5 Å². The summed E-state index contributed by atoms with van der Waals surface area (Å²) in [5.41, 5.74) is 1.44. The molecule has 0 aromatic carbocycles. The lowest BCUT2D eigenvalue weighted by atomic mass is 9.77. The Hall–Kier alpha value is -1.89. The molecule has 0 bridgehead atoms. The van der Waals surface area contributed by atoms with Crippen molar-refractivity contribution >= 4 is 24.5 Å². The second kappa shape index (κ2) is 5.18. The summed E-state index contributed by atoms with van der Waals surface area (Å²) in [5.74, 6) is -0.864. The monoisotopic (exact) mass is 248 g/mol. The van der Waals surface area contributed by atoms with Crippen molar-refractivity contribution in [3.8, 4) is 0 Å². The van der Waals surface area contributed by atoms with E-state index in [4.69, 9.17) is 9.31 Å². The third-order valence-electron chi connectivity index (χ3n) is 2.61. The van der Waals surface area contributed by atoms with E-state index in [0.29, 0.717) is 5.46 Å². The number of nitrogens with zero attached hydrogens (tertiary/aromatic N) is 2. The number of pyridine rings is 1. The molecule has 1 saturated heterocycles. The molecule has 1 aromatic heterocycles. The van der Waals surface area contributed by atoms with Gasteiger partial charge in [0.2, 0.25) is 0 Å². The Morgan fingerprint density at radius 1 is 1.28 bits per heavy atom. The van der Waals surface area contributed by atoms with Crippen LogP contribution in [0.5, 0.6) is 0 Å². The van der Waals surface area contributed by atoms with Gasteiger partial charge in [-0.2, -0.15) is 0 Å². The van der Waals surface area contributed by atoms with Crippen LogP contribution < -0.4 is 5.46 Å². The van der Waals surface area contributed by atoms with Crippen LogP contribution >= 0.6 is 0 Å². The third kappa shape index (κ3) is 2.86. The molecule has 94 valence electrons. The van der Waals surface area contributed by atoms with Gasteiger partial charge in [-0.1, -0.05) is 0 Å². The molecule has 0 aliphatic carbocycles. The number of carbonyl (C=O) groups excluding carboxylic acids is 2. The van der Waals surface area contributed by atoms with E-state index in [1.807, 2.05) is 6.92 Å². The van der Waals surface area contributed by atoms with Crippen LogP contribution in [0.3, 0.4) is 0 Å². The number of aryl methyl sites for hydroxylation is 1. The molecule has 1 aliphatic heterocycles. The summed E-state index contributed by atoms with van der Waals surface area (Å²) >= 11 is 0. The maximum atomic E-state index is 11.6. The summed E-state index contributed by atoms with van der Waals surface area (Å²) in [7, 11) is 0.644. The van der Waals surface area contributed by atoms with E-state index >= 15 is 0 Å². The highest BCUT2D eigenvalue weighted by atomic mass is 16.6. The zero-order valence-corrected chi connectivity index (χ0v) is 10.3. The van der Waals surface area contributed by atoms with Crippen molar-refractivity contribution < 1.29 is 18.9 Å². The van der Waals surface area contributed by atoms with Crippen LogP contribution in [0.1, 0.15) is 5.56 Å². The molecule has 0 spiro atoms. The number of aromatic nitrogens is 1. The Labute approximate surface area is 105 Å². The van der Waals surface area contributed by atoms with Crippen molar-refractivity contribution in [2.75, 3.05) is 20.1 Å². The molecule has 0 saturated carbocycles. The zero-order valence-electron chi connectivity index (χ0n) is 10.3. The van der Waals surface area contributed by atoms with Gasteiger partial charge < -0.3 is 9.31 Å². The molecule has 0 amide bonds. The van der Waals surface area contributed by atoms with Gasteiger partial charge >= 0.3 is 19.1 Å². The minimum Gasteiger partial charge on any atom is -0.494 e. The maximum Gasteiger partial charge on any atom is 0.638 e. The molecular formula is C11H13BN2O4. The van der Waals surface area contributed by atoms with Gasteiger partial charge in [0.05, 0.1) is 13.1 Å². The molecular weight excluding hydrogens is 235 g/mol. The highest BCUT2D eigenvalue weighted by Gasteiger charge is 2.34. The van der Waals surface area contributed by atoms with Gasteiger partial charge in [0.25, 0.3) is 0 Å². The van der Waals surface area contributed by atoms with Crippen molar-refractivity contribution in [1.82, 2.24) is 9.88 Å². The Morgan fingerprint density at radius 3 is 2.44 bits per heavy atom. The van der Waals surface area contributed by atoms with E-state index < -0.39 is 19.1 Å². The lowest BCUT2D eigenvalue weighted by molar-refractivity contribution is -0.145. The molecule has 1 aromatic rings. The molecule has 6 nitrogen and oxygen atoms in total. The van der Waals surface area contributed by atoms with Gasteiger partial charge in [0.1, 0.15) is 0 Å². The first-order valence-corrected chi connectivity index (χ1v) is 5.54.